The van der Waals surface area contributed by atoms with E-state index in [0.29, 0.717) is 17.7 Å². The highest BCUT2D eigenvalue weighted by molar-refractivity contribution is 7.92. The quantitative estimate of drug-likeness (QED) is 0.549. The number of carbonyl (C=O) groups excluding carboxylic acids is 1. The van der Waals surface area contributed by atoms with Crippen molar-refractivity contribution in [2.45, 2.75) is 24.3 Å². The highest BCUT2D eigenvalue weighted by atomic mass is 32.2. The van der Waals surface area contributed by atoms with E-state index in [-0.39, 0.29) is 16.3 Å². The summed E-state index contributed by atoms with van der Waals surface area (Å²) in [5.74, 6) is 0.152. The molecule has 0 saturated heterocycles. The molecule has 9 nitrogen and oxygen atoms in total. The van der Waals surface area contributed by atoms with Crippen molar-refractivity contribution in [3.05, 3.63) is 48.0 Å². The van der Waals surface area contributed by atoms with E-state index in [1.807, 2.05) is 6.92 Å². The number of nitrogens with zero attached hydrogens (tertiary/aromatic N) is 1. The lowest BCUT2D eigenvalue weighted by molar-refractivity contribution is -0.120. The summed E-state index contributed by atoms with van der Waals surface area (Å²) in [6.07, 6.45) is 2.64. The minimum Gasteiger partial charge on any atom is -0.497 e. The molecule has 11 heteroatoms. The lowest BCUT2D eigenvalue weighted by atomic mass is 10.0. The van der Waals surface area contributed by atoms with E-state index in [2.05, 4.69) is 5.32 Å². The Kier molecular flexibility index (Phi) is 8.13. The minimum absolute atomic E-state index is 0.176. The second-order valence-electron chi connectivity index (χ2n) is 7.18. The van der Waals surface area contributed by atoms with E-state index in [0.717, 1.165) is 16.8 Å². The third-order valence-electron chi connectivity index (χ3n) is 4.80. The number of hydrogen-bond acceptors (Lipinski definition) is 7. The van der Waals surface area contributed by atoms with Crippen LogP contribution in [0, 0.1) is 0 Å². The molecule has 0 saturated carbocycles. The molecule has 176 valence electrons. The zero-order chi connectivity index (χ0) is 24.1. The highest BCUT2D eigenvalue weighted by Crippen LogP contribution is 2.33. The van der Waals surface area contributed by atoms with Crippen molar-refractivity contribution in [2.24, 2.45) is 0 Å². The molecule has 1 atom stereocenters. The standard InChI is InChI=1S/C21H28N2O7S2/c1-6-18(15-7-10-17(11-8-15)31(4,25)26)22-21(24)14-23(32(5,27)28)19-13-16(29-2)9-12-20(19)30-3/h7-13,18H,6,14H2,1-5H3,(H,22,24). The summed E-state index contributed by atoms with van der Waals surface area (Å²) >= 11 is 0. The Labute approximate surface area is 189 Å². The van der Waals surface area contributed by atoms with Crippen LogP contribution in [0.25, 0.3) is 0 Å². The average molecular weight is 485 g/mol. The van der Waals surface area contributed by atoms with Gasteiger partial charge in [-0.15, -0.1) is 0 Å². The maximum Gasteiger partial charge on any atom is 0.241 e. The molecule has 2 aromatic rings. The van der Waals surface area contributed by atoms with Crippen LogP contribution in [0.15, 0.2) is 47.4 Å². The lowest BCUT2D eigenvalue weighted by Crippen LogP contribution is -2.41. The number of nitrogens with one attached hydrogen (secondary N) is 1. The number of anilines is 1. The molecule has 0 aromatic heterocycles. The van der Waals surface area contributed by atoms with Crippen LogP contribution >= 0.6 is 0 Å². The zero-order valence-electron chi connectivity index (χ0n) is 18.7. The summed E-state index contributed by atoms with van der Waals surface area (Å²) in [5, 5.41) is 2.81. The van der Waals surface area contributed by atoms with E-state index >= 15 is 0 Å². The first-order valence-corrected chi connectivity index (χ1v) is 13.4. The molecule has 1 N–H and O–H groups in total. The first-order valence-electron chi connectivity index (χ1n) is 9.69. The van der Waals surface area contributed by atoms with Gasteiger partial charge in [0, 0.05) is 12.3 Å². The number of hydrogen-bond donors (Lipinski definition) is 1. The number of carbonyl (C=O) groups is 1. The molecule has 0 radical (unpaired) electrons. The molecule has 0 aliphatic heterocycles. The lowest BCUT2D eigenvalue weighted by Gasteiger charge is -2.25. The topological polar surface area (TPSA) is 119 Å². The van der Waals surface area contributed by atoms with E-state index in [9.17, 15) is 21.6 Å². The van der Waals surface area contributed by atoms with Crippen LogP contribution < -0.4 is 19.1 Å². The second kappa shape index (κ2) is 10.2. The Balaban J connectivity index is 2.29. The molecule has 1 unspecified atom stereocenters. The molecule has 0 heterocycles. The summed E-state index contributed by atoms with van der Waals surface area (Å²) in [7, 11) is -4.31. The predicted molar refractivity (Wildman–Crippen MR) is 122 cm³/mol. The van der Waals surface area contributed by atoms with Crippen molar-refractivity contribution >= 4 is 31.5 Å². The van der Waals surface area contributed by atoms with Crippen LogP contribution in [0.3, 0.4) is 0 Å². The molecule has 32 heavy (non-hydrogen) atoms. The third kappa shape index (κ3) is 6.36. The summed E-state index contributed by atoms with van der Waals surface area (Å²) < 4.78 is 59.7. The second-order valence-corrected chi connectivity index (χ2v) is 11.1. The summed E-state index contributed by atoms with van der Waals surface area (Å²) in [4.78, 5) is 13.0. The minimum atomic E-state index is -3.83. The number of sulfonamides is 1. The molecular weight excluding hydrogens is 456 g/mol. The van der Waals surface area contributed by atoms with Gasteiger partial charge in [-0.2, -0.15) is 0 Å². The number of rotatable bonds is 10. The average Bonchev–Trinajstić information content (AvgIpc) is 2.74. The zero-order valence-corrected chi connectivity index (χ0v) is 20.3. The van der Waals surface area contributed by atoms with Gasteiger partial charge in [0.05, 0.1) is 37.1 Å². The molecule has 0 aliphatic carbocycles. The summed E-state index contributed by atoms with van der Waals surface area (Å²) in [6.45, 7) is 1.38. The van der Waals surface area contributed by atoms with Gasteiger partial charge in [0.25, 0.3) is 0 Å². The van der Waals surface area contributed by atoms with Crippen LogP contribution in [-0.4, -0.2) is 56.0 Å². The van der Waals surface area contributed by atoms with E-state index < -0.39 is 38.4 Å². The van der Waals surface area contributed by atoms with Gasteiger partial charge in [0.1, 0.15) is 18.0 Å². The Morgan fingerprint density at radius 2 is 1.62 bits per heavy atom. The van der Waals surface area contributed by atoms with Crippen LogP contribution in [0.2, 0.25) is 0 Å². The van der Waals surface area contributed by atoms with Crippen LogP contribution in [0.4, 0.5) is 5.69 Å². The summed E-state index contributed by atoms with van der Waals surface area (Å²) in [5.41, 5.74) is 0.883. The normalized spacial score (nSPS) is 12.7. The van der Waals surface area contributed by atoms with Crippen LogP contribution in [0.1, 0.15) is 24.9 Å². The molecule has 0 spiro atoms. The van der Waals surface area contributed by atoms with Gasteiger partial charge in [-0.1, -0.05) is 19.1 Å². The van der Waals surface area contributed by atoms with Gasteiger partial charge in [-0.05, 0) is 36.2 Å². The number of ether oxygens (including phenoxy) is 2. The van der Waals surface area contributed by atoms with Gasteiger partial charge in [-0.3, -0.25) is 9.10 Å². The number of sulfone groups is 1. The smallest absolute Gasteiger partial charge is 0.241 e. The van der Waals surface area contributed by atoms with Crippen LogP contribution in [-0.2, 0) is 24.7 Å². The third-order valence-corrected chi connectivity index (χ3v) is 7.05. The molecule has 0 aliphatic rings. The maximum absolute atomic E-state index is 12.8. The van der Waals surface area contributed by atoms with E-state index in [1.165, 1.54) is 32.4 Å². The molecule has 2 rings (SSSR count). The predicted octanol–water partition coefficient (Wildman–Crippen LogP) is 2.14. The Morgan fingerprint density at radius 3 is 2.09 bits per heavy atom. The molecule has 0 bridgehead atoms. The molecule has 1 amide bonds. The Morgan fingerprint density at radius 1 is 1.00 bits per heavy atom. The van der Waals surface area contributed by atoms with Crippen molar-refractivity contribution in [1.29, 1.82) is 0 Å². The van der Waals surface area contributed by atoms with Crippen molar-refractivity contribution in [2.75, 3.05) is 37.6 Å². The molecule has 2 aromatic carbocycles. The monoisotopic (exact) mass is 484 g/mol. The van der Waals surface area contributed by atoms with Gasteiger partial charge < -0.3 is 14.8 Å². The van der Waals surface area contributed by atoms with Crippen molar-refractivity contribution in [3.63, 3.8) is 0 Å². The fraction of sp³-hybridized carbons (Fsp3) is 0.381. The fourth-order valence-electron chi connectivity index (χ4n) is 3.11. The van der Waals surface area contributed by atoms with E-state index in [4.69, 9.17) is 9.47 Å². The highest BCUT2D eigenvalue weighted by Gasteiger charge is 2.26. The molecular formula is C21H28N2O7S2. The van der Waals surface area contributed by atoms with E-state index in [1.54, 1.807) is 24.3 Å². The number of benzene rings is 2. The Bertz CT molecular complexity index is 1160. The van der Waals surface area contributed by atoms with Crippen molar-refractivity contribution in [1.82, 2.24) is 5.32 Å². The van der Waals surface area contributed by atoms with Crippen molar-refractivity contribution in [3.8, 4) is 11.5 Å². The van der Waals surface area contributed by atoms with Gasteiger partial charge in [-0.25, -0.2) is 16.8 Å². The first kappa shape index (κ1) is 25.5. The number of methoxy groups -OCH3 is 2. The van der Waals surface area contributed by atoms with Gasteiger partial charge >= 0.3 is 0 Å². The SMILES string of the molecule is CCC(NC(=O)CN(c1cc(OC)ccc1OC)S(C)(=O)=O)c1ccc(S(C)(=O)=O)cc1. The van der Waals surface area contributed by atoms with Crippen molar-refractivity contribution < 1.29 is 31.1 Å². The summed E-state index contributed by atoms with van der Waals surface area (Å²) in [6, 6.07) is 10.4. The van der Waals surface area contributed by atoms with Crippen LogP contribution in [0.5, 0.6) is 11.5 Å². The largest absolute Gasteiger partial charge is 0.497 e. The first-order chi connectivity index (χ1) is 14.9. The number of amides is 1. The maximum atomic E-state index is 12.8. The fourth-order valence-corrected chi connectivity index (χ4v) is 4.59. The van der Waals surface area contributed by atoms with Gasteiger partial charge in [0.15, 0.2) is 9.84 Å². The Hall–Kier alpha value is -2.79. The molecule has 0 fully saturated rings. The van der Waals surface area contributed by atoms with Gasteiger partial charge in [0.2, 0.25) is 15.9 Å².